The monoisotopic (exact) mass is 514 g/mol. The van der Waals surface area contributed by atoms with Gasteiger partial charge < -0.3 is 14.8 Å². The fourth-order valence-corrected chi connectivity index (χ4v) is 5.39. The lowest BCUT2D eigenvalue weighted by atomic mass is 10.1. The maximum absolute atomic E-state index is 13.5. The molecule has 1 aliphatic rings. The Kier molecular flexibility index (Phi) is 7.23. The highest BCUT2D eigenvalue weighted by molar-refractivity contribution is 7.92. The van der Waals surface area contributed by atoms with Gasteiger partial charge in [0.05, 0.1) is 23.7 Å². The summed E-state index contributed by atoms with van der Waals surface area (Å²) in [5.74, 6) is 0.594. The summed E-state index contributed by atoms with van der Waals surface area (Å²) in [4.78, 5) is 13.0. The van der Waals surface area contributed by atoms with Crippen molar-refractivity contribution in [3.05, 3.63) is 82.4 Å². The van der Waals surface area contributed by atoms with Crippen LogP contribution in [0.25, 0.3) is 0 Å². The van der Waals surface area contributed by atoms with Gasteiger partial charge in [0.2, 0.25) is 0 Å². The lowest BCUT2D eigenvalue weighted by Crippen LogP contribution is -2.51. The molecule has 7 nitrogen and oxygen atoms in total. The van der Waals surface area contributed by atoms with Crippen LogP contribution >= 0.6 is 11.6 Å². The maximum atomic E-state index is 13.5. The molecule has 1 heterocycles. The number of carbonyl (C=O) groups excluding carboxylic acids is 1. The number of nitrogens with zero attached hydrogens (tertiary/aromatic N) is 1. The molecule has 3 aromatic carbocycles. The molecule has 0 fully saturated rings. The Bertz CT molecular complexity index is 1340. The molecule has 184 valence electrons. The summed E-state index contributed by atoms with van der Waals surface area (Å²) in [6, 6.07) is 17.0. The van der Waals surface area contributed by atoms with E-state index in [1.807, 2.05) is 39.0 Å². The summed E-state index contributed by atoms with van der Waals surface area (Å²) in [5.41, 5.74) is 3.40. The van der Waals surface area contributed by atoms with E-state index < -0.39 is 22.0 Å². The highest BCUT2D eigenvalue weighted by atomic mass is 35.5. The first-order chi connectivity index (χ1) is 16.7. The average molecular weight is 515 g/mol. The quantitative estimate of drug-likeness (QED) is 0.472. The number of amides is 1. The van der Waals surface area contributed by atoms with Gasteiger partial charge in [-0.25, -0.2) is 8.42 Å². The Balaban J connectivity index is 1.49. The fraction of sp³-hybridized carbons (Fsp3) is 0.269. The van der Waals surface area contributed by atoms with Gasteiger partial charge in [0.25, 0.3) is 15.9 Å². The van der Waals surface area contributed by atoms with Crippen LogP contribution in [0.3, 0.4) is 0 Å². The third kappa shape index (κ3) is 5.39. The number of carbonyl (C=O) groups is 1. The number of benzene rings is 3. The van der Waals surface area contributed by atoms with Crippen LogP contribution in [0.1, 0.15) is 16.7 Å². The molecule has 0 unspecified atom stereocenters. The van der Waals surface area contributed by atoms with Gasteiger partial charge >= 0.3 is 0 Å². The maximum Gasteiger partial charge on any atom is 0.264 e. The predicted octanol–water partition coefficient (Wildman–Crippen LogP) is 4.42. The Hall–Kier alpha value is -3.23. The number of hydrogen-bond donors (Lipinski definition) is 1. The zero-order valence-electron chi connectivity index (χ0n) is 19.7. The minimum absolute atomic E-state index is 0.122. The summed E-state index contributed by atoms with van der Waals surface area (Å²) >= 11 is 6.14. The van der Waals surface area contributed by atoms with E-state index >= 15 is 0 Å². The van der Waals surface area contributed by atoms with E-state index in [0.29, 0.717) is 10.7 Å². The van der Waals surface area contributed by atoms with Gasteiger partial charge in [-0.3, -0.25) is 9.10 Å². The second-order valence-electron chi connectivity index (χ2n) is 8.41. The van der Waals surface area contributed by atoms with Crippen molar-refractivity contribution < 1.29 is 22.7 Å². The molecule has 0 bridgehead atoms. The summed E-state index contributed by atoms with van der Waals surface area (Å²) < 4.78 is 39.8. The number of aryl methyl sites for hydroxylation is 2. The summed E-state index contributed by atoms with van der Waals surface area (Å²) in [6.45, 7) is 6.18. The first-order valence-electron chi connectivity index (χ1n) is 11.2. The van der Waals surface area contributed by atoms with Gasteiger partial charge in [0.1, 0.15) is 18.1 Å². The Morgan fingerprint density at radius 2 is 1.86 bits per heavy atom. The SMILES string of the molecule is Cc1ccc(S(=O)(=O)N2C[C@H](C(=O)NCCOc3cccc(C)c3C)Oc3ccc(Cl)cc32)cc1. The molecule has 0 radical (unpaired) electrons. The van der Waals surface area contributed by atoms with Crippen LogP contribution in [-0.2, 0) is 14.8 Å². The molecule has 0 saturated heterocycles. The van der Waals surface area contributed by atoms with Gasteiger partial charge in [0.15, 0.2) is 6.10 Å². The lowest BCUT2D eigenvalue weighted by molar-refractivity contribution is -0.127. The summed E-state index contributed by atoms with van der Waals surface area (Å²) in [7, 11) is -3.96. The van der Waals surface area contributed by atoms with Crippen molar-refractivity contribution in [2.75, 3.05) is 24.0 Å². The molecule has 1 amide bonds. The average Bonchev–Trinajstić information content (AvgIpc) is 2.83. The molecule has 1 aliphatic heterocycles. The zero-order chi connectivity index (χ0) is 25.2. The van der Waals surface area contributed by atoms with Crippen molar-refractivity contribution in [3.8, 4) is 11.5 Å². The highest BCUT2D eigenvalue weighted by Crippen LogP contribution is 2.38. The number of rotatable bonds is 7. The number of anilines is 1. The van der Waals surface area contributed by atoms with Crippen LogP contribution in [0.15, 0.2) is 65.6 Å². The Morgan fingerprint density at radius 1 is 1.11 bits per heavy atom. The van der Waals surface area contributed by atoms with Crippen molar-refractivity contribution in [1.29, 1.82) is 0 Å². The Morgan fingerprint density at radius 3 is 2.60 bits per heavy atom. The van der Waals surface area contributed by atoms with Crippen molar-refractivity contribution in [2.24, 2.45) is 0 Å². The van der Waals surface area contributed by atoms with Gasteiger partial charge in [-0.2, -0.15) is 0 Å². The van der Waals surface area contributed by atoms with Crippen LogP contribution in [0.5, 0.6) is 11.5 Å². The van der Waals surface area contributed by atoms with E-state index in [9.17, 15) is 13.2 Å². The summed E-state index contributed by atoms with van der Waals surface area (Å²) in [6.07, 6.45) is -1.04. The topological polar surface area (TPSA) is 84.9 Å². The molecular weight excluding hydrogens is 488 g/mol. The molecule has 0 aliphatic carbocycles. The molecular formula is C26H27ClN2O5S. The number of nitrogens with one attached hydrogen (secondary N) is 1. The zero-order valence-corrected chi connectivity index (χ0v) is 21.3. The van der Waals surface area contributed by atoms with E-state index in [2.05, 4.69) is 5.32 Å². The van der Waals surface area contributed by atoms with Crippen LogP contribution < -0.4 is 19.1 Å². The van der Waals surface area contributed by atoms with E-state index in [-0.39, 0.29) is 30.3 Å². The second-order valence-corrected chi connectivity index (χ2v) is 10.7. The molecule has 9 heteroatoms. The third-order valence-electron chi connectivity index (χ3n) is 5.91. The molecule has 0 saturated carbocycles. The molecule has 1 N–H and O–H groups in total. The van der Waals surface area contributed by atoms with E-state index in [4.69, 9.17) is 21.1 Å². The van der Waals surface area contributed by atoms with Crippen molar-refractivity contribution in [2.45, 2.75) is 31.8 Å². The van der Waals surface area contributed by atoms with E-state index in [0.717, 1.165) is 22.4 Å². The van der Waals surface area contributed by atoms with Crippen LogP contribution in [0.4, 0.5) is 5.69 Å². The van der Waals surface area contributed by atoms with Gasteiger partial charge in [-0.05, 0) is 68.3 Å². The predicted molar refractivity (Wildman–Crippen MR) is 136 cm³/mol. The van der Waals surface area contributed by atoms with Crippen molar-refractivity contribution in [3.63, 3.8) is 0 Å². The van der Waals surface area contributed by atoms with Crippen LogP contribution in [0.2, 0.25) is 5.02 Å². The number of fused-ring (bicyclic) bond motifs is 1. The molecule has 0 aromatic heterocycles. The largest absolute Gasteiger partial charge is 0.491 e. The standard InChI is InChI=1S/C26H27ClN2O5S/c1-17-7-10-21(11-8-17)35(31,32)29-16-25(34-24-12-9-20(27)15-22(24)29)26(30)28-13-14-33-23-6-4-5-18(2)19(23)3/h4-12,15,25H,13-14,16H2,1-3H3,(H,28,30)/t25-/m1/s1. The minimum Gasteiger partial charge on any atom is -0.491 e. The molecule has 1 atom stereocenters. The smallest absolute Gasteiger partial charge is 0.264 e. The van der Waals surface area contributed by atoms with Gasteiger partial charge in [0, 0.05) is 5.02 Å². The van der Waals surface area contributed by atoms with Gasteiger partial charge in [-0.1, -0.05) is 41.4 Å². The molecule has 0 spiro atoms. The van der Waals surface area contributed by atoms with Crippen LogP contribution in [0, 0.1) is 20.8 Å². The van der Waals surface area contributed by atoms with Crippen molar-refractivity contribution in [1.82, 2.24) is 5.32 Å². The van der Waals surface area contributed by atoms with Crippen LogP contribution in [-0.4, -0.2) is 40.1 Å². The van der Waals surface area contributed by atoms with E-state index in [1.54, 1.807) is 36.4 Å². The normalized spacial score (nSPS) is 15.2. The Labute approximate surface area is 210 Å². The molecule has 35 heavy (non-hydrogen) atoms. The van der Waals surface area contributed by atoms with Crippen molar-refractivity contribution >= 4 is 33.2 Å². The minimum atomic E-state index is -3.96. The number of hydrogen-bond acceptors (Lipinski definition) is 5. The third-order valence-corrected chi connectivity index (χ3v) is 7.93. The lowest BCUT2D eigenvalue weighted by Gasteiger charge is -2.35. The van der Waals surface area contributed by atoms with E-state index in [1.165, 1.54) is 10.4 Å². The number of sulfonamides is 1. The number of halogens is 1. The summed E-state index contributed by atoms with van der Waals surface area (Å²) in [5, 5.41) is 3.15. The fourth-order valence-electron chi connectivity index (χ4n) is 3.76. The first kappa shape index (κ1) is 24.9. The second kappa shape index (κ2) is 10.2. The first-order valence-corrected chi connectivity index (χ1v) is 13.0. The van der Waals surface area contributed by atoms with Gasteiger partial charge in [-0.15, -0.1) is 0 Å². The molecule has 3 aromatic rings. The highest BCUT2D eigenvalue weighted by Gasteiger charge is 2.37. The number of ether oxygens (including phenoxy) is 2. The molecule has 4 rings (SSSR count).